The molecule has 0 bridgehead atoms. The number of likely N-dealkylation sites (N-methyl/N-ethyl adjacent to an activating group) is 1. The molecule has 0 aromatic heterocycles. The largest absolute Gasteiger partial charge is 0.508 e. The zero-order valence-electron chi connectivity index (χ0n) is 19.0. The summed E-state index contributed by atoms with van der Waals surface area (Å²) in [7, 11) is 2.95. The van der Waals surface area contributed by atoms with Gasteiger partial charge in [-0.3, -0.25) is 19.3 Å². The molecular weight excluding hydrogens is 484 g/mol. The Morgan fingerprint density at radius 3 is 2.40 bits per heavy atom. The van der Waals surface area contributed by atoms with Gasteiger partial charge in [-0.2, -0.15) is 0 Å². The van der Waals surface area contributed by atoms with Gasteiger partial charge in [-0.15, -0.1) is 0 Å². The zero-order chi connectivity index (χ0) is 26.2. The molecule has 3 aliphatic carbocycles. The molecule has 0 unspecified atom stereocenters. The minimum Gasteiger partial charge on any atom is -0.508 e. The number of carbonyl (C=O) groups excluding carboxylic acids is 3. The van der Waals surface area contributed by atoms with Gasteiger partial charge in [-0.25, -0.2) is 0 Å². The Morgan fingerprint density at radius 2 is 1.83 bits per heavy atom. The average molecular weight is 509 g/mol. The third kappa shape index (κ3) is 3.16. The number of nitrogens with one attached hydrogen (secondary N) is 1. The number of nitrogens with zero attached hydrogens (tertiary/aromatic N) is 1. The summed E-state index contributed by atoms with van der Waals surface area (Å²) >= 11 is 6.29. The zero-order valence-corrected chi connectivity index (χ0v) is 19.8. The van der Waals surface area contributed by atoms with Crippen LogP contribution < -0.4 is 5.32 Å². The molecule has 1 fully saturated rings. The number of aromatic hydroxyl groups is 1. The smallest absolute Gasteiger partial charge is 0.260 e. The van der Waals surface area contributed by atoms with Crippen LogP contribution in [0.4, 0.5) is 0 Å². The number of ketones is 2. The lowest BCUT2D eigenvalue weighted by molar-refractivity contribution is -0.159. The third-order valence-corrected chi connectivity index (χ3v) is 7.61. The van der Waals surface area contributed by atoms with Gasteiger partial charge in [0.25, 0.3) is 5.91 Å². The Bertz CT molecular complexity index is 1240. The van der Waals surface area contributed by atoms with E-state index < -0.39 is 81.7 Å². The topological polar surface area (TPSA) is 188 Å². The molecule has 0 radical (unpaired) electrons. The lowest BCUT2D eigenvalue weighted by atomic mass is 9.54. The fraction of sp³-hybridized carbons (Fsp3) is 0.435. The molecule has 188 valence electrons. The molecule has 5 atom stereocenters. The van der Waals surface area contributed by atoms with E-state index in [1.54, 1.807) is 0 Å². The summed E-state index contributed by atoms with van der Waals surface area (Å²) in [4.78, 5) is 41.0. The van der Waals surface area contributed by atoms with Crippen LogP contribution in [0, 0.1) is 11.8 Å². The van der Waals surface area contributed by atoms with E-state index in [9.17, 15) is 39.9 Å². The molecule has 1 saturated carbocycles. The van der Waals surface area contributed by atoms with Crippen molar-refractivity contribution in [2.75, 3.05) is 20.8 Å². The Balaban J connectivity index is 2.04. The molecule has 0 aliphatic heterocycles. The highest BCUT2D eigenvalue weighted by molar-refractivity contribution is 6.32. The molecule has 3 aliphatic rings. The number of aliphatic hydroxyl groups is 5. The molecule has 7 N–H and O–H groups in total. The molecule has 35 heavy (non-hydrogen) atoms. The highest BCUT2D eigenvalue weighted by atomic mass is 35.5. The van der Waals surface area contributed by atoms with E-state index in [0.29, 0.717) is 0 Å². The van der Waals surface area contributed by atoms with Crippen molar-refractivity contribution in [3.63, 3.8) is 0 Å². The van der Waals surface area contributed by atoms with Gasteiger partial charge < -0.3 is 36.0 Å². The molecule has 1 aromatic carbocycles. The summed E-state index contributed by atoms with van der Waals surface area (Å²) in [5.74, 6) is -8.33. The average Bonchev–Trinajstić information content (AvgIpc) is 2.76. The number of phenolic OH excluding ortho intramolecular Hbond substituents is 1. The molecule has 0 saturated heterocycles. The number of hydrogen-bond donors (Lipinski definition) is 7. The van der Waals surface area contributed by atoms with Crippen LogP contribution in [0.2, 0.25) is 5.02 Å². The Kier molecular flexibility index (Phi) is 5.77. The van der Waals surface area contributed by atoms with Crippen LogP contribution in [0.5, 0.6) is 5.75 Å². The lowest BCUT2D eigenvalue weighted by Crippen LogP contribution is -2.67. The number of halogens is 1. The number of hydrogen-bond acceptors (Lipinski definition) is 10. The van der Waals surface area contributed by atoms with Crippen LogP contribution in [0.1, 0.15) is 24.5 Å². The van der Waals surface area contributed by atoms with Gasteiger partial charge in [0.1, 0.15) is 29.6 Å². The summed E-state index contributed by atoms with van der Waals surface area (Å²) in [6.07, 6.45) is -0.284. The SMILES string of the molecule is CN(C)[C@@H]1C(=O)C(C(=O)NCO)=C(O)[C@@]2(O)C(=O)C3=C(O)c4c(O)ccc(Cl)c4[C@@](C)(O)[C@H]3C[C@H]12. The molecule has 11 nitrogen and oxygen atoms in total. The summed E-state index contributed by atoms with van der Waals surface area (Å²) in [5.41, 5.74) is -6.49. The van der Waals surface area contributed by atoms with E-state index in [2.05, 4.69) is 0 Å². The van der Waals surface area contributed by atoms with Gasteiger partial charge in [-0.1, -0.05) is 11.6 Å². The Labute approximate surface area is 204 Å². The highest BCUT2D eigenvalue weighted by Crippen LogP contribution is 2.58. The highest BCUT2D eigenvalue weighted by Gasteiger charge is 2.66. The van der Waals surface area contributed by atoms with Crippen molar-refractivity contribution < 1.29 is 45.0 Å². The van der Waals surface area contributed by atoms with Gasteiger partial charge in [-0.05, 0) is 39.6 Å². The van der Waals surface area contributed by atoms with Gasteiger partial charge in [0.2, 0.25) is 5.78 Å². The normalized spacial score (nSPS) is 32.4. The Morgan fingerprint density at radius 1 is 1.20 bits per heavy atom. The molecule has 0 spiro atoms. The second kappa shape index (κ2) is 8.04. The summed E-state index contributed by atoms with van der Waals surface area (Å²) in [5, 5.41) is 66.7. The van der Waals surface area contributed by atoms with Crippen LogP contribution in [-0.4, -0.2) is 85.5 Å². The first kappa shape index (κ1) is 25.1. The minimum atomic E-state index is -2.83. The van der Waals surface area contributed by atoms with Gasteiger partial charge >= 0.3 is 0 Å². The maximum absolute atomic E-state index is 13.8. The predicted octanol–water partition coefficient (Wildman–Crippen LogP) is -0.137. The number of benzene rings is 1. The number of carbonyl (C=O) groups is 3. The standard InChI is InChI=1S/C23H25ClN2O9/c1-22(34)8-6-9-16(26(2)3)18(30)14(21(33)25-7-27)20(32)23(9,35)19(31)12(8)17(29)13-11(28)5-4-10(24)15(13)22/h4-5,8-9,16,27-29,32,34-35H,6-7H2,1-3H3,(H,25,33)/t8-,9+,16-,22-,23-/m0/s1. The first-order valence-electron chi connectivity index (χ1n) is 10.7. The summed E-state index contributed by atoms with van der Waals surface area (Å²) < 4.78 is 0. The summed E-state index contributed by atoms with van der Waals surface area (Å²) in [6, 6.07) is 1.19. The number of fused-ring (bicyclic) bond motifs is 3. The second-order valence-electron chi connectivity index (χ2n) is 9.38. The maximum atomic E-state index is 13.8. The monoisotopic (exact) mass is 508 g/mol. The van der Waals surface area contributed by atoms with Crippen molar-refractivity contribution in [1.29, 1.82) is 0 Å². The predicted molar refractivity (Wildman–Crippen MR) is 121 cm³/mol. The number of Topliss-reactive ketones (excluding diaryl/α,β-unsaturated/α-hetero) is 2. The van der Waals surface area contributed by atoms with Crippen LogP contribution in [-0.2, 0) is 20.0 Å². The number of aliphatic hydroxyl groups excluding tert-OH is 3. The second-order valence-corrected chi connectivity index (χ2v) is 9.78. The first-order chi connectivity index (χ1) is 16.2. The van der Waals surface area contributed by atoms with Gasteiger partial charge in [0.05, 0.1) is 17.2 Å². The van der Waals surface area contributed by atoms with Crippen molar-refractivity contribution >= 4 is 34.8 Å². The van der Waals surface area contributed by atoms with Crippen molar-refractivity contribution in [1.82, 2.24) is 10.2 Å². The van der Waals surface area contributed by atoms with E-state index in [1.807, 2.05) is 5.32 Å². The quantitative estimate of drug-likeness (QED) is 0.214. The van der Waals surface area contributed by atoms with Crippen LogP contribution in [0.15, 0.2) is 29.0 Å². The third-order valence-electron chi connectivity index (χ3n) is 7.29. The van der Waals surface area contributed by atoms with E-state index in [0.717, 1.165) is 6.07 Å². The number of phenols is 1. The van der Waals surface area contributed by atoms with E-state index in [-0.39, 0.29) is 22.6 Å². The van der Waals surface area contributed by atoms with E-state index >= 15 is 0 Å². The lowest BCUT2D eigenvalue weighted by Gasteiger charge is -2.53. The number of amides is 1. The molecule has 4 rings (SSSR count). The van der Waals surface area contributed by atoms with Crippen LogP contribution in [0.25, 0.3) is 5.76 Å². The van der Waals surface area contributed by atoms with Crippen LogP contribution in [0.3, 0.4) is 0 Å². The van der Waals surface area contributed by atoms with Gasteiger partial charge in [0.15, 0.2) is 11.4 Å². The van der Waals surface area contributed by atoms with Crippen molar-refractivity contribution in [2.45, 2.75) is 30.6 Å². The van der Waals surface area contributed by atoms with Crippen molar-refractivity contribution in [2.24, 2.45) is 11.8 Å². The number of rotatable bonds is 3. The molecule has 12 heteroatoms. The minimum absolute atomic E-state index is 0.0104. The van der Waals surface area contributed by atoms with Crippen molar-refractivity contribution in [3.8, 4) is 5.75 Å². The fourth-order valence-corrected chi connectivity index (χ4v) is 6.07. The molecule has 0 heterocycles. The first-order valence-corrected chi connectivity index (χ1v) is 11.1. The Hall–Kier alpha value is -2.96. The maximum Gasteiger partial charge on any atom is 0.260 e. The summed E-state index contributed by atoms with van der Waals surface area (Å²) in [6.45, 7) is 0.454. The fourth-order valence-electron chi connectivity index (χ4n) is 5.72. The molecular formula is C23H25ClN2O9. The van der Waals surface area contributed by atoms with E-state index in [1.165, 1.54) is 32.0 Å². The van der Waals surface area contributed by atoms with Gasteiger partial charge in [0, 0.05) is 28.0 Å². The molecule has 1 amide bonds. The van der Waals surface area contributed by atoms with E-state index in [4.69, 9.17) is 16.7 Å². The van der Waals surface area contributed by atoms with Crippen molar-refractivity contribution in [3.05, 3.63) is 45.2 Å². The molecule has 1 aromatic rings. The van der Waals surface area contributed by atoms with Crippen LogP contribution >= 0.6 is 11.6 Å².